The molecule has 2 amide bonds. The predicted molar refractivity (Wildman–Crippen MR) is 88.2 cm³/mol. The summed E-state index contributed by atoms with van der Waals surface area (Å²) in [5.41, 5.74) is 8.46. The predicted octanol–water partition coefficient (Wildman–Crippen LogP) is 2.29. The van der Waals surface area contributed by atoms with Crippen LogP contribution < -0.4 is 11.1 Å². The largest absolute Gasteiger partial charge is 0.366 e. The normalized spacial score (nSPS) is 13.6. The highest BCUT2D eigenvalue weighted by atomic mass is 19.1. The van der Waals surface area contributed by atoms with Crippen molar-refractivity contribution in [3.05, 3.63) is 59.4 Å². The van der Waals surface area contributed by atoms with Crippen LogP contribution >= 0.6 is 0 Å². The lowest BCUT2D eigenvalue weighted by Crippen LogP contribution is -2.24. The number of aromatic nitrogens is 1. The van der Waals surface area contributed by atoms with E-state index in [1.54, 1.807) is 30.3 Å². The summed E-state index contributed by atoms with van der Waals surface area (Å²) in [4.78, 5) is 24.4. The second-order valence-corrected chi connectivity index (χ2v) is 5.70. The van der Waals surface area contributed by atoms with Crippen molar-refractivity contribution in [3.8, 4) is 11.3 Å². The van der Waals surface area contributed by atoms with Crippen molar-refractivity contribution in [1.29, 1.82) is 0 Å². The van der Waals surface area contributed by atoms with Gasteiger partial charge in [-0.15, -0.1) is 0 Å². The molecule has 0 spiro atoms. The van der Waals surface area contributed by atoms with Gasteiger partial charge in [0.2, 0.25) is 0 Å². The smallest absolute Gasteiger partial charge is 0.253 e. The van der Waals surface area contributed by atoms with E-state index in [1.165, 1.54) is 12.1 Å². The van der Waals surface area contributed by atoms with Gasteiger partial charge in [-0.05, 0) is 35.9 Å². The van der Waals surface area contributed by atoms with Gasteiger partial charge in [0.25, 0.3) is 11.8 Å². The lowest BCUT2D eigenvalue weighted by Gasteiger charge is -2.10. The Balaban J connectivity index is 2.15. The van der Waals surface area contributed by atoms with Gasteiger partial charge in [-0.3, -0.25) is 9.59 Å². The highest BCUT2D eigenvalue weighted by Gasteiger charge is 2.27. The van der Waals surface area contributed by atoms with E-state index < -0.39 is 5.91 Å². The quantitative estimate of drug-likeness (QED) is 0.759. The highest BCUT2D eigenvalue weighted by Crippen LogP contribution is 2.36. The average molecular weight is 323 g/mol. The molecule has 1 aliphatic heterocycles. The van der Waals surface area contributed by atoms with Crippen LogP contribution in [0.4, 0.5) is 4.39 Å². The molecule has 5 nitrogen and oxygen atoms in total. The van der Waals surface area contributed by atoms with Crippen molar-refractivity contribution < 1.29 is 14.0 Å². The summed E-state index contributed by atoms with van der Waals surface area (Å²) in [7, 11) is 0. The number of nitrogens with two attached hydrogens (primary N) is 1. The summed E-state index contributed by atoms with van der Waals surface area (Å²) in [6.45, 7) is 0.933. The minimum absolute atomic E-state index is 0.182. The lowest BCUT2D eigenvalue weighted by atomic mass is 10.0. The van der Waals surface area contributed by atoms with Crippen LogP contribution in [0.15, 0.2) is 42.5 Å². The molecule has 6 heteroatoms. The molecule has 0 aliphatic carbocycles. The van der Waals surface area contributed by atoms with Crippen molar-refractivity contribution in [3.63, 3.8) is 0 Å². The number of hydrogen-bond donors (Lipinski definition) is 2. The third kappa shape index (κ3) is 2.00. The molecule has 4 rings (SSSR count). The van der Waals surface area contributed by atoms with E-state index >= 15 is 0 Å². The molecular formula is C18H14FN3O2. The van der Waals surface area contributed by atoms with Crippen molar-refractivity contribution in [2.24, 2.45) is 5.73 Å². The van der Waals surface area contributed by atoms with Crippen LogP contribution in [0.5, 0.6) is 0 Å². The first-order chi connectivity index (χ1) is 11.6. The number of rotatable bonds is 2. The van der Waals surface area contributed by atoms with Crippen LogP contribution in [0.25, 0.3) is 22.2 Å². The third-order valence-electron chi connectivity index (χ3n) is 4.31. The average Bonchev–Trinajstić information content (AvgIpc) is 2.80. The molecule has 3 N–H and O–H groups in total. The van der Waals surface area contributed by atoms with E-state index in [9.17, 15) is 14.0 Å². The second kappa shape index (κ2) is 5.19. The molecule has 0 atom stereocenters. The maximum Gasteiger partial charge on any atom is 0.253 e. The molecule has 2 aromatic carbocycles. The molecule has 0 unspecified atom stereocenters. The summed E-state index contributed by atoms with van der Waals surface area (Å²) in [6, 6.07) is 11.1. The summed E-state index contributed by atoms with van der Waals surface area (Å²) < 4.78 is 15.2. The van der Waals surface area contributed by atoms with Gasteiger partial charge in [-0.1, -0.05) is 12.1 Å². The number of para-hydroxylation sites is 1. The Bertz CT molecular complexity index is 990. The molecule has 0 saturated carbocycles. The summed E-state index contributed by atoms with van der Waals surface area (Å²) in [5, 5.41) is 3.47. The zero-order valence-electron chi connectivity index (χ0n) is 12.7. The molecule has 1 aliphatic rings. The Morgan fingerprint density at radius 3 is 2.62 bits per heavy atom. The molecule has 120 valence electrons. The molecule has 24 heavy (non-hydrogen) atoms. The van der Waals surface area contributed by atoms with E-state index in [0.717, 1.165) is 0 Å². The number of carbonyl (C=O) groups is 2. The first kappa shape index (κ1) is 14.4. The molecule has 0 bridgehead atoms. The first-order valence-corrected chi connectivity index (χ1v) is 7.57. The van der Waals surface area contributed by atoms with Gasteiger partial charge in [0, 0.05) is 18.5 Å². The maximum atomic E-state index is 13.3. The Morgan fingerprint density at radius 1 is 1.17 bits per heavy atom. The fourth-order valence-corrected chi connectivity index (χ4v) is 3.35. The molecule has 1 aromatic heterocycles. The zero-order valence-corrected chi connectivity index (χ0v) is 12.7. The van der Waals surface area contributed by atoms with Crippen molar-refractivity contribution in [1.82, 2.24) is 9.88 Å². The Kier molecular flexibility index (Phi) is 3.13. The topological polar surface area (TPSA) is 77.1 Å². The van der Waals surface area contributed by atoms with Crippen molar-refractivity contribution in [2.45, 2.75) is 6.54 Å². The zero-order chi connectivity index (χ0) is 16.8. The third-order valence-corrected chi connectivity index (χ3v) is 4.31. The van der Waals surface area contributed by atoms with Gasteiger partial charge in [0.05, 0.1) is 22.3 Å². The summed E-state index contributed by atoms with van der Waals surface area (Å²) in [5.74, 6) is -1.11. The monoisotopic (exact) mass is 323 g/mol. The van der Waals surface area contributed by atoms with Crippen LogP contribution in [-0.4, -0.2) is 22.9 Å². The highest BCUT2D eigenvalue weighted by molar-refractivity contribution is 6.17. The number of carbonyl (C=O) groups excluding carboxylic acids is 2. The molecule has 2 heterocycles. The van der Waals surface area contributed by atoms with Crippen LogP contribution in [0, 0.1) is 5.82 Å². The van der Waals surface area contributed by atoms with Crippen LogP contribution in [-0.2, 0) is 6.54 Å². The first-order valence-electron chi connectivity index (χ1n) is 7.57. The van der Waals surface area contributed by atoms with E-state index in [4.69, 9.17) is 5.73 Å². The Labute approximate surface area is 136 Å². The van der Waals surface area contributed by atoms with E-state index in [-0.39, 0.29) is 11.7 Å². The molecule has 3 aromatic rings. The number of primary amides is 1. The standard InChI is InChI=1S/C18H14FN3O2/c19-11-6-4-10(5-7-11)15-14(17(20)23)12-2-1-3-13-16(12)22(15)9-8-21-18(13)24/h1-7H,8-9H2,(H2,20,23)(H,21,24). The van der Waals surface area contributed by atoms with Gasteiger partial charge in [-0.2, -0.15) is 0 Å². The molecule has 0 fully saturated rings. The Morgan fingerprint density at radius 2 is 1.92 bits per heavy atom. The van der Waals surface area contributed by atoms with Crippen LogP contribution in [0.3, 0.4) is 0 Å². The fraction of sp³-hybridized carbons (Fsp3) is 0.111. The summed E-state index contributed by atoms with van der Waals surface area (Å²) >= 11 is 0. The Hall–Kier alpha value is -3.15. The lowest BCUT2D eigenvalue weighted by molar-refractivity contribution is 0.0954. The van der Waals surface area contributed by atoms with Crippen LogP contribution in [0.2, 0.25) is 0 Å². The molecule has 0 radical (unpaired) electrons. The number of nitrogens with zero attached hydrogens (tertiary/aromatic N) is 1. The number of nitrogens with one attached hydrogen (secondary N) is 1. The van der Waals surface area contributed by atoms with Gasteiger partial charge < -0.3 is 15.6 Å². The van der Waals surface area contributed by atoms with E-state index in [1.807, 2.05) is 4.57 Å². The fourth-order valence-electron chi connectivity index (χ4n) is 3.35. The van der Waals surface area contributed by atoms with Crippen LogP contribution in [0.1, 0.15) is 20.7 Å². The van der Waals surface area contributed by atoms with Gasteiger partial charge in [-0.25, -0.2) is 4.39 Å². The summed E-state index contributed by atoms with van der Waals surface area (Å²) in [6.07, 6.45) is 0. The number of halogens is 1. The molecule has 0 saturated heterocycles. The number of hydrogen-bond acceptors (Lipinski definition) is 2. The molecular weight excluding hydrogens is 309 g/mol. The van der Waals surface area contributed by atoms with Crippen molar-refractivity contribution >= 4 is 22.7 Å². The van der Waals surface area contributed by atoms with E-state index in [2.05, 4.69) is 5.32 Å². The SMILES string of the molecule is NC(=O)c1c(-c2ccc(F)cc2)n2c3c(cccc13)C(=O)NCC2. The maximum absolute atomic E-state index is 13.3. The van der Waals surface area contributed by atoms with E-state index in [0.29, 0.717) is 46.4 Å². The van der Waals surface area contributed by atoms with Crippen molar-refractivity contribution in [2.75, 3.05) is 6.54 Å². The van der Waals surface area contributed by atoms with Gasteiger partial charge in [0.1, 0.15) is 5.82 Å². The van der Waals surface area contributed by atoms with Gasteiger partial charge in [0.15, 0.2) is 0 Å². The number of benzene rings is 2. The minimum atomic E-state index is -0.573. The number of amides is 2. The minimum Gasteiger partial charge on any atom is -0.366 e. The van der Waals surface area contributed by atoms with Gasteiger partial charge >= 0.3 is 0 Å². The second-order valence-electron chi connectivity index (χ2n) is 5.70.